The number of carbonyl (C=O) groups excluding carboxylic acids is 2. The minimum Gasteiger partial charge on any atom is -0.474 e. The van der Waals surface area contributed by atoms with Gasteiger partial charge in [-0.3, -0.25) is 15.3 Å². The van der Waals surface area contributed by atoms with Crippen LogP contribution in [0.1, 0.15) is 34.6 Å². The molecule has 0 radical (unpaired) electrons. The number of hydrogen-bond donors (Lipinski definition) is 2. The third kappa shape index (κ3) is 17.7. The fourth-order valence-corrected chi connectivity index (χ4v) is 1.19. The topological polar surface area (TPSA) is 114 Å². The Kier molecular flexibility index (Phi) is 14.6. The maximum atomic E-state index is 9.82. The molecule has 23 heavy (non-hydrogen) atoms. The van der Waals surface area contributed by atoms with Gasteiger partial charge in [0.1, 0.15) is 12.0 Å². The Morgan fingerprint density at radius 3 is 1.74 bits per heavy atom. The standard InChI is InChI=1S/C8H12N2O.2C4H8O2/c1-6(9)11-8-5-3-2-4-7(8)10;2*1-3-6-4(2)5/h2-6H,9-10H2,1H3;2*3H2,1-2H3. The second-order valence-electron chi connectivity index (χ2n) is 4.21. The zero-order valence-electron chi connectivity index (χ0n) is 14.5. The van der Waals surface area contributed by atoms with Gasteiger partial charge in [0.25, 0.3) is 0 Å². The van der Waals surface area contributed by atoms with Gasteiger partial charge in [0.2, 0.25) is 0 Å². The molecule has 1 rings (SSSR count). The molecule has 0 spiro atoms. The van der Waals surface area contributed by atoms with E-state index in [0.29, 0.717) is 24.7 Å². The molecule has 0 saturated heterocycles. The van der Waals surface area contributed by atoms with Crippen molar-refractivity contribution >= 4 is 17.6 Å². The third-order valence-corrected chi connectivity index (χ3v) is 1.93. The molecule has 0 saturated carbocycles. The molecule has 132 valence electrons. The zero-order valence-corrected chi connectivity index (χ0v) is 14.5. The molecule has 0 aliphatic heterocycles. The average Bonchev–Trinajstić information content (AvgIpc) is 2.42. The fraction of sp³-hybridized carbons (Fsp3) is 0.500. The molecule has 1 unspecified atom stereocenters. The lowest BCUT2D eigenvalue weighted by molar-refractivity contribution is -0.141. The van der Waals surface area contributed by atoms with Gasteiger partial charge in [-0.2, -0.15) is 0 Å². The number of anilines is 1. The number of esters is 2. The first-order valence-corrected chi connectivity index (χ1v) is 7.27. The number of ether oxygens (including phenoxy) is 3. The van der Waals surface area contributed by atoms with Gasteiger partial charge in [-0.15, -0.1) is 0 Å². The molecule has 0 heterocycles. The van der Waals surface area contributed by atoms with Crippen LogP contribution in [0.3, 0.4) is 0 Å². The first-order valence-electron chi connectivity index (χ1n) is 7.27. The molecule has 1 aromatic carbocycles. The number of benzene rings is 1. The summed E-state index contributed by atoms with van der Waals surface area (Å²) in [5.41, 5.74) is 11.6. The van der Waals surface area contributed by atoms with E-state index in [1.54, 1.807) is 32.9 Å². The Morgan fingerprint density at radius 1 is 1.04 bits per heavy atom. The van der Waals surface area contributed by atoms with Crippen LogP contribution >= 0.6 is 0 Å². The Labute approximate surface area is 137 Å². The van der Waals surface area contributed by atoms with Crippen LogP contribution in [0.15, 0.2) is 24.3 Å². The lowest BCUT2D eigenvalue weighted by Crippen LogP contribution is -2.22. The largest absolute Gasteiger partial charge is 0.474 e. The van der Waals surface area contributed by atoms with Crippen molar-refractivity contribution in [2.75, 3.05) is 18.9 Å². The summed E-state index contributed by atoms with van der Waals surface area (Å²) in [5, 5.41) is 0. The van der Waals surface area contributed by atoms with E-state index in [2.05, 4.69) is 9.47 Å². The summed E-state index contributed by atoms with van der Waals surface area (Å²) in [6.07, 6.45) is -0.320. The summed E-state index contributed by atoms with van der Waals surface area (Å²) in [6, 6.07) is 7.27. The predicted molar refractivity (Wildman–Crippen MR) is 89.7 cm³/mol. The van der Waals surface area contributed by atoms with E-state index < -0.39 is 0 Å². The van der Waals surface area contributed by atoms with Crippen molar-refractivity contribution in [3.63, 3.8) is 0 Å². The van der Waals surface area contributed by atoms with Gasteiger partial charge < -0.3 is 19.9 Å². The van der Waals surface area contributed by atoms with Crippen LogP contribution in [0.2, 0.25) is 0 Å². The zero-order chi connectivity index (χ0) is 18.3. The number of hydrogen-bond acceptors (Lipinski definition) is 7. The molecule has 0 fully saturated rings. The van der Waals surface area contributed by atoms with E-state index in [1.807, 2.05) is 12.1 Å². The fourth-order valence-electron chi connectivity index (χ4n) is 1.19. The lowest BCUT2D eigenvalue weighted by atomic mass is 10.3. The van der Waals surface area contributed by atoms with Crippen LogP contribution in [0.5, 0.6) is 5.75 Å². The van der Waals surface area contributed by atoms with Gasteiger partial charge in [0.05, 0.1) is 18.9 Å². The van der Waals surface area contributed by atoms with Gasteiger partial charge in [0, 0.05) is 13.8 Å². The van der Waals surface area contributed by atoms with Gasteiger partial charge in [-0.05, 0) is 32.9 Å². The number of rotatable bonds is 4. The molecular formula is C16H28N2O5. The smallest absolute Gasteiger partial charge is 0.302 e. The highest BCUT2D eigenvalue weighted by atomic mass is 16.5. The Morgan fingerprint density at radius 2 is 1.48 bits per heavy atom. The minimum absolute atomic E-state index is 0.211. The molecule has 0 aliphatic carbocycles. The Hall–Kier alpha value is -2.28. The summed E-state index contributed by atoms with van der Waals surface area (Å²) in [6.45, 7) is 9.06. The molecule has 4 N–H and O–H groups in total. The van der Waals surface area contributed by atoms with Crippen LogP contribution in [-0.4, -0.2) is 31.4 Å². The number of para-hydroxylation sites is 2. The molecular weight excluding hydrogens is 300 g/mol. The van der Waals surface area contributed by atoms with Crippen LogP contribution < -0.4 is 16.2 Å². The monoisotopic (exact) mass is 328 g/mol. The molecule has 0 aliphatic rings. The van der Waals surface area contributed by atoms with E-state index >= 15 is 0 Å². The van der Waals surface area contributed by atoms with Crippen molar-refractivity contribution in [3.8, 4) is 5.75 Å². The van der Waals surface area contributed by atoms with Crippen molar-refractivity contribution in [1.82, 2.24) is 0 Å². The van der Waals surface area contributed by atoms with Crippen LogP contribution in [0, 0.1) is 0 Å². The third-order valence-electron chi connectivity index (χ3n) is 1.93. The van der Waals surface area contributed by atoms with Gasteiger partial charge in [-0.1, -0.05) is 12.1 Å². The SMILES string of the molecule is CC(N)Oc1ccccc1N.CCOC(C)=O.CCOC(C)=O. The molecule has 1 atom stereocenters. The Balaban J connectivity index is 0. The van der Waals surface area contributed by atoms with Crippen molar-refractivity contribution in [1.29, 1.82) is 0 Å². The molecule has 7 nitrogen and oxygen atoms in total. The quantitative estimate of drug-likeness (QED) is 0.494. The van der Waals surface area contributed by atoms with Crippen molar-refractivity contribution < 1.29 is 23.8 Å². The van der Waals surface area contributed by atoms with Crippen molar-refractivity contribution in [3.05, 3.63) is 24.3 Å². The second kappa shape index (κ2) is 14.6. The molecule has 0 amide bonds. The van der Waals surface area contributed by atoms with Crippen molar-refractivity contribution in [2.45, 2.75) is 40.8 Å². The summed E-state index contributed by atoms with van der Waals surface area (Å²) < 4.78 is 14.0. The maximum Gasteiger partial charge on any atom is 0.302 e. The highest BCUT2D eigenvalue weighted by Crippen LogP contribution is 2.19. The maximum absolute atomic E-state index is 9.82. The lowest BCUT2D eigenvalue weighted by Gasteiger charge is -2.10. The molecule has 0 aromatic heterocycles. The van der Waals surface area contributed by atoms with E-state index in [-0.39, 0.29) is 18.2 Å². The minimum atomic E-state index is -0.320. The van der Waals surface area contributed by atoms with E-state index in [0.717, 1.165) is 0 Å². The second-order valence-corrected chi connectivity index (χ2v) is 4.21. The first kappa shape index (κ1) is 23.0. The summed E-state index contributed by atoms with van der Waals surface area (Å²) >= 11 is 0. The summed E-state index contributed by atoms with van der Waals surface area (Å²) in [5.74, 6) is 0.220. The van der Waals surface area contributed by atoms with Crippen LogP contribution in [0.4, 0.5) is 5.69 Å². The number of nitrogens with two attached hydrogens (primary N) is 2. The van der Waals surface area contributed by atoms with Crippen LogP contribution in [0.25, 0.3) is 0 Å². The van der Waals surface area contributed by atoms with Crippen molar-refractivity contribution in [2.24, 2.45) is 5.73 Å². The molecule has 0 bridgehead atoms. The Bertz CT molecular complexity index is 434. The van der Waals surface area contributed by atoms with Gasteiger partial charge in [0.15, 0.2) is 0 Å². The summed E-state index contributed by atoms with van der Waals surface area (Å²) in [4.78, 5) is 19.6. The molecule has 1 aromatic rings. The molecule has 7 heteroatoms. The summed E-state index contributed by atoms with van der Waals surface area (Å²) in [7, 11) is 0. The number of nitrogen functional groups attached to an aromatic ring is 1. The number of carbonyl (C=O) groups is 2. The van der Waals surface area contributed by atoms with E-state index in [1.165, 1.54) is 13.8 Å². The van der Waals surface area contributed by atoms with E-state index in [4.69, 9.17) is 16.2 Å². The highest BCUT2D eigenvalue weighted by Gasteiger charge is 1.99. The van der Waals surface area contributed by atoms with Crippen LogP contribution in [-0.2, 0) is 19.1 Å². The predicted octanol–water partition coefficient (Wildman–Crippen LogP) is 2.09. The first-order chi connectivity index (χ1) is 10.7. The normalized spacial score (nSPS) is 10.0. The van der Waals surface area contributed by atoms with Gasteiger partial charge >= 0.3 is 11.9 Å². The van der Waals surface area contributed by atoms with E-state index in [9.17, 15) is 9.59 Å². The van der Waals surface area contributed by atoms with Gasteiger partial charge in [-0.25, -0.2) is 0 Å². The average molecular weight is 328 g/mol. The highest BCUT2D eigenvalue weighted by molar-refractivity contribution is 5.66.